The van der Waals surface area contributed by atoms with E-state index in [2.05, 4.69) is 12.6 Å². The van der Waals surface area contributed by atoms with Crippen LogP contribution >= 0.6 is 12.6 Å². The summed E-state index contributed by atoms with van der Waals surface area (Å²) in [5, 5.41) is 0.991. The van der Waals surface area contributed by atoms with Gasteiger partial charge in [0.2, 0.25) is 0 Å². The average Bonchev–Trinajstić information content (AvgIpc) is 2.15. The van der Waals surface area contributed by atoms with Crippen molar-refractivity contribution in [3.05, 3.63) is 40.2 Å². The molecule has 0 saturated heterocycles. The first-order valence-electron chi connectivity index (χ1n) is 4.46. The van der Waals surface area contributed by atoms with Gasteiger partial charge in [-0.05, 0) is 30.2 Å². The van der Waals surface area contributed by atoms with Crippen molar-refractivity contribution >= 4 is 23.6 Å². The Balaban J connectivity index is 2.87. The second-order valence-corrected chi connectivity index (χ2v) is 3.64. The van der Waals surface area contributed by atoms with Gasteiger partial charge in [-0.15, -0.1) is 12.6 Å². The molecule has 0 aliphatic rings. The molecule has 1 aromatic heterocycles. The van der Waals surface area contributed by atoms with Crippen molar-refractivity contribution in [3.63, 3.8) is 0 Å². The summed E-state index contributed by atoms with van der Waals surface area (Å²) < 4.78 is 5.08. The molecule has 0 bridgehead atoms. The summed E-state index contributed by atoms with van der Waals surface area (Å²) in [6, 6.07) is 7.13. The van der Waals surface area contributed by atoms with Crippen LogP contribution in [0.5, 0.6) is 0 Å². The third-order valence-electron chi connectivity index (χ3n) is 2.19. The van der Waals surface area contributed by atoms with Gasteiger partial charge in [0, 0.05) is 16.3 Å². The molecule has 0 aliphatic heterocycles. The highest BCUT2D eigenvalue weighted by molar-refractivity contribution is 7.80. The molecule has 3 heteroatoms. The summed E-state index contributed by atoms with van der Waals surface area (Å²) in [6.45, 7) is 2.02. The van der Waals surface area contributed by atoms with E-state index in [1.807, 2.05) is 19.1 Å². The van der Waals surface area contributed by atoms with E-state index in [0.29, 0.717) is 5.58 Å². The van der Waals surface area contributed by atoms with Gasteiger partial charge in [0.05, 0.1) is 0 Å². The van der Waals surface area contributed by atoms with Crippen molar-refractivity contribution in [2.24, 2.45) is 0 Å². The van der Waals surface area contributed by atoms with E-state index in [4.69, 9.17) is 4.42 Å². The van der Waals surface area contributed by atoms with E-state index in [1.54, 1.807) is 12.1 Å². The lowest BCUT2D eigenvalue weighted by molar-refractivity contribution is 0.558. The number of hydrogen-bond acceptors (Lipinski definition) is 3. The fourth-order valence-electron chi connectivity index (χ4n) is 1.51. The molecule has 0 aliphatic carbocycles. The minimum Gasteiger partial charge on any atom is -0.423 e. The second-order valence-electron chi connectivity index (χ2n) is 3.12. The zero-order valence-electron chi connectivity index (χ0n) is 7.78. The summed E-state index contributed by atoms with van der Waals surface area (Å²) in [5.41, 5.74) is 1.33. The minimum atomic E-state index is -0.298. The van der Waals surface area contributed by atoms with Crippen LogP contribution < -0.4 is 5.63 Å². The van der Waals surface area contributed by atoms with Gasteiger partial charge in [0.25, 0.3) is 0 Å². The van der Waals surface area contributed by atoms with Crippen molar-refractivity contribution in [2.75, 3.05) is 0 Å². The van der Waals surface area contributed by atoms with Crippen LogP contribution in [0.4, 0.5) is 0 Å². The third-order valence-corrected chi connectivity index (χ3v) is 2.47. The van der Waals surface area contributed by atoms with Gasteiger partial charge in [-0.1, -0.05) is 6.92 Å². The third kappa shape index (κ3) is 1.55. The van der Waals surface area contributed by atoms with E-state index in [9.17, 15) is 4.79 Å². The maximum Gasteiger partial charge on any atom is 0.336 e. The predicted molar refractivity (Wildman–Crippen MR) is 59.1 cm³/mol. The number of thiol groups is 1. The van der Waals surface area contributed by atoms with Crippen molar-refractivity contribution in [3.8, 4) is 0 Å². The minimum absolute atomic E-state index is 0.298. The van der Waals surface area contributed by atoms with Gasteiger partial charge in [-0.3, -0.25) is 0 Å². The standard InChI is InChI=1S/C11H10O2S/c1-2-7-5-11(12)13-10-6-8(14)3-4-9(7)10/h3-6,14H,2H2,1H3. The Labute approximate surface area is 87.0 Å². The fourth-order valence-corrected chi connectivity index (χ4v) is 1.70. The van der Waals surface area contributed by atoms with Crippen molar-refractivity contribution in [1.29, 1.82) is 0 Å². The fraction of sp³-hybridized carbons (Fsp3) is 0.182. The molecule has 1 heterocycles. The maximum absolute atomic E-state index is 11.2. The molecule has 2 nitrogen and oxygen atoms in total. The Bertz CT molecular complexity index is 528. The quantitative estimate of drug-likeness (QED) is 0.574. The van der Waals surface area contributed by atoms with Crippen LogP contribution in [0.15, 0.2) is 38.4 Å². The van der Waals surface area contributed by atoms with Gasteiger partial charge in [0.1, 0.15) is 5.58 Å². The predicted octanol–water partition coefficient (Wildman–Crippen LogP) is 2.64. The van der Waals surface area contributed by atoms with Crippen LogP contribution in [0, 0.1) is 0 Å². The normalized spacial score (nSPS) is 10.7. The SMILES string of the molecule is CCc1cc(=O)oc2cc(S)ccc12. The first-order chi connectivity index (χ1) is 6.70. The summed E-state index contributed by atoms with van der Waals surface area (Å²) in [6.07, 6.45) is 0.827. The molecule has 0 saturated carbocycles. The van der Waals surface area contributed by atoms with E-state index in [-0.39, 0.29) is 5.63 Å². The number of aryl methyl sites for hydroxylation is 1. The molecule has 0 fully saturated rings. The lowest BCUT2D eigenvalue weighted by atomic mass is 10.1. The molecule has 1 aromatic carbocycles. The molecule has 0 unspecified atom stereocenters. The molecular formula is C11H10O2S. The molecule has 2 rings (SSSR count). The zero-order valence-corrected chi connectivity index (χ0v) is 8.67. The Morgan fingerprint density at radius 1 is 1.36 bits per heavy atom. The van der Waals surface area contributed by atoms with Crippen LogP contribution in [0.2, 0.25) is 0 Å². The molecule has 0 spiro atoms. The van der Waals surface area contributed by atoms with Crippen LogP contribution in [0.1, 0.15) is 12.5 Å². The number of benzene rings is 1. The lowest BCUT2D eigenvalue weighted by Gasteiger charge is -2.02. The van der Waals surface area contributed by atoms with E-state index >= 15 is 0 Å². The van der Waals surface area contributed by atoms with Gasteiger partial charge >= 0.3 is 5.63 Å². The van der Waals surface area contributed by atoms with Crippen molar-refractivity contribution < 1.29 is 4.42 Å². The Morgan fingerprint density at radius 2 is 2.14 bits per heavy atom. The highest BCUT2D eigenvalue weighted by Crippen LogP contribution is 2.20. The topological polar surface area (TPSA) is 30.2 Å². The molecule has 0 atom stereocenters. The Kier molecular flexibility index (Phi) is 2.33. The number of hydrogen-bond donors (Lipinski definition) is 1. The van der Waals surface area contributed by atoms with Crippen LogP contribution in [0.3, 0.4) is 0 Å². The Morgan fingerprint density at radius 3 is 2.86 bits per heavy atom. The molecule has 0 radical (unpaired) electrons. The smallest absolute Gasteiger partial charge is 0.336 e. The summed E-state index contributed by atoms with van der Waals surface area (Å²) in [4.78, 5) is 12.0. The van der Waals surface area contributed by atoms with Crippen LogP contribution in [-0.4, -0.2) is 0 Å². The Hall–Kier alpha value is -1.22. The summed E-state index contributed by atoms with van der Waals surface area (Å²) in [7, 11) is 0. The van der Waals surface area contributed by atoms with Gasteiger partial charge in [-0.25, -0.2) is 4.79 Å². The van der Waals surface area contributed by atoms with Crippen molar-refractivity contribution in [2.45, 2.75) is 18.2 Å². The first kappa shape index (κ1) is 9.34. The summed E-state index contributed by atoms with van der Waals surface area (Å²) >= 11 is 4.20. The highest BCUT2D eigenvalue weighted by atomic mass is 32.1. The summed E-state index contributed by atoms with van der Waals surface area (Å²) in [5.74, 6) is 0. The lowest BCUT2D eigenvalue weighted by Crippen LogP contribution is -1.99. The largest absolute Gasteiger partial charge is 0.423 e. The van der Waals surface area contributed by atoms with Crippen LogP contribution in [0.25, 0.3) is 11.0 Å². The van der Waals surface area contributed by atoms with Gasteiger partial charge < -0.3 is 4.42 Å². The van der Waals surface area contributed by atoms with E-state index in [0.717, 1.165) is 22.3 Å². The number of fused-ring (bicyclic) bond motifs is 1. The molecule has 0 N–H and O–H groups in total. The molecular weight excluding hydrogens is 196 g/mol. The number of rotatable bonds is 1. The zero-order chi connectivity index (χ0) is 10.1. The first-order valence-corrected chi connectivity index (χ1v) is 4.91. The molecule has 2 aromatic rings. The monoisotopic (exact) mass is 206 g/mol. The van der Waals surface area contributed by atoms with Crippen molar-refractivity contribution in [1.82, 2.24) is 0 Å². The van der Waals surface area contributed by atoms with E-state index < -0.39 is 0 Å². The molecule has 72 valence electrons. The average molecular weight is 206 g/mol. The second kappa shape index (κ2) is 3.50. The van der Waals surface area contributed by atoms with E-state index in [1.165, 1.54) is 0 Å². The van der Waals surface area contributed by atoms with Crippen LogP contribution in [-0.2, 0) is 6.42 Å². The van der Waals surface area contributed by atoms with Gasteiger partial charge in [-0.2, -0.15) is 0 Å². The highest BCUT2D eigenvalue weighted by Gasteiger charge is 2.03. The maximum atomic E-state index is 11.2. The van der Waals surface area contributed by atoms with Gasteiger partial charge in [0.15, 0.2) is 0 Å². The molecule has 14 heavy (non-hydrogen) atoms. The molecule has 0 amide bonds.